The lowest BCUT2D eigenvalue weighted by molar-refractivity contribution is -0.114. The van der Waals surface area contributed by atoms with Crippen LogP contribution in [0.4, 0.5) is 0 Å². The summed E-state index contributed by atoms with van der Waals surface area (Å²) in [6.45, 7) is 29.3. The van der Waals surface area contributed by atoms with Crippen molar-refractivity contribution in [1.82, 2.24) is 0 Å². The van der Waals surface area contributed by atoms with Crippen molar-refractivity contribution in [2.45, 2.75) is 69.2 Å². The molecule has 0 N–H and O–H groups in total. The van der Waals surface area contributed by atoms with E-state index in [-0.39, 0.29) is 34.7 Å². The Kier molecular flexibility index (Phi) is 44.3. The van der Waals surface area contributed by atoms with Gasteiger partial charge in [0.2, 0.25) is 0 Å². The van der Waals surface area contributed by atoms with Gasteiger partial charge in [0, 0.05) is 0 Å². The van der Waals surface area contributed by atoms with Crippen LogP contribution in [0.5, 0.6) is 0 Å². The number of hydrogen-bond acceptors (Lipinski definition) is 6. The zero-order valence-corrected chi connectivity index (χ0v) is 22.7. The van der Waals surface area contributed by atoms with Gasteiger partial charge in [-0.05, 0) is 105 Å². The van der Waals surface area contributed by atoms with E-state index in [1.54, 1.807) is 26.0 Å². The average Bonchev–Trinajstić information content (AvgIpc) is 2.69. The molecule has 0 aliphatic carbocycles. The molecule has 34 heavy (non-hydrogen) atoms. The number of Topliss-reactive ketones (excluding diaryl/α,β-unsaturated/α-hetero) is 2. The molecule has 0 atom stereocenters. The second-order valence-electron chi connectivity index (χ2n) is 6.52. The number of carbonyl (C=O) groups is 6. The minimum absolute atomic E-state index is 0.0185. The largest absolute Gasteiger partial charge is 0.295 e. The van der Waals surface area contributed by atoms with Gasteiger partial charge in [0.25, 0.3) is 0 Å². The van der Waals surface area contributed by atoms with E-state index in [4.69, 9.17) is 0 Å². The van der Waals surface area contributed by atoms with Crippen molar-refractivity contribution >= 4 is 34.7 Å². The molecule has 0 radical (unpaired) electrons. The Bertz CT molecular complexity index is 659. The molecular weight excluding hydrogens is 432 g/mol. The van der Waals surface area contributed by atoms with E-state index >= 15 is 0 Å². The molecule has 0 heterocycles. The molecule has 6 nitrogen and oxygen atoms in total. The summed E-state index contributed by atoms with van der Waals surface area (Å²) < 4.78 is 0. The smallest absolute Gasteiger partial charge is 0.154 e. The molecule has 0 aromatic carbocycles. The minimum atomic E-state index is 0.0185. The fraction of sp³-hybridized carbons (Fsp3) is 0.357. The van der Waals surface area contributed by atoms with Crippen molar-refractivity contribution in [3.05, 3.63) is 73.9 Å². The van der Waals surface area contributed by atoms with Gasteiger partial charge in [-0.25, -0.2) is 0 Å². The maximum absolute atomic E-state index is 10.0. The number of carbonyl (C=O) groups excluding carboxylic acids is 6. The predicted molar refractivity (Wildman–Crippen MR) is 144 cm³/mol. The van der Waals surface area contributed by atoms with E-state index in [9.17, 15) is 28.8 Å². The van der Waals surface area contributed by atoms with Crippen LogP contribution in [0.25, 0.3) is 0 Å². The highest BCUT2D eigenvalue weighted by Crippen LogP contribution is 1.84. The highest BCUT2D eigenvalue weighted by Gasteiger charge is 1.86. The van der Waals surface area contributed by atoms with Gasteiger partial charge in [0.15, 0.2) is 34.7 Å². The first-order valence-electron chi connectivity index (χ1n) is 10.2. The van der Waals surface area contributed by atoms with Crippen molar-refractivity contribution in [2.75, 3.05) is 0 Å². The predicted octanol–water partition coefficient (Wildman–Crippen LogP) is 6.13. The van der Waals surface area contributed by atoms with E-state index in [2.05, 4.69) is 26.3 Å². The van der Waals surface area contributed by atoms with Crippen LogP contribution >= 0.6 is 0 Å². The molecule has 0 bridgehead atoms. The van der Waals surface area contributed by atoms with Crippen LogP contribution in [0.1, 0.15) is 69.2 Å². The van der Waals surface area contributed by atoms with E-state index < -0.39 is 0 Å². The Morgan fingerprint density at radius 3 is 0.618 bits per heavy atom. The van der Waals surface area contributed by atoms with E-state index in [1.807, 2.05) is 13.8 Å². The van der Waals surface area contributed by atoms with Crippen LogP contribution in [0.2, 0.25) is 0 Å². The summed E-state index contributed by atoms with van der Waals surface area (Å²) in [5.41, 5.74) is 1.24. The van der Waals surface area contributed by atoms with Crippen molar-refractivity contribution in [3.8, 4) is 0 Å². The summed E-state index contributed by atoms with van der Waals surface area (Å²) >= 11 is 0. The summed E-state index contributed by atoms with van der Waals surface area (Å²) in [5, 5.41) is 0. The molecule has 192 valence electrons. The fourth-order valence-corrected chi connectivity index (χ4v) is 0.469. The number of rotatable bonds is 6. The average molecular weight is 477 g/mol. The highest BCUT2D eigenvalue weighted by atomic mass is 16.1. The van der Waals surface area contributed by atoms with Gasteiger partial charge in [0.1, 0.15) is 0 Å². The Hall–Kier alpha value is -3.54. The second kappa shape index (κ2) is 34.1. The summed E-state index contributed by atoms with van der Waals surface area (Å²) in [5.74, 6) is 0.384. The molecule has 0 aromatic rings. The Morgan fingerprint density at radius 1 is 0.471 bits per heavy atom. The normalized spacial score (nSPS) is 8.06. The number of hydrogen-bond donors (Lipinski definition) is 0. The Balaban J connectivity index is -0.0000000693. The van der Waals surface area contributed by atoms with Gasteiger partial charge in [-0.3, -0.25) is 28.8 Å². The molecule has 0 aliphatic heterocycles. The Labute approximate surface area is 206 Å². The maximum atomic E-state index is 10.0. The third-order valence-corrected chi connectivity index (χ3v) is 2.58. The molecule has 6 heteroatoms. The van der Waals surface area contributed by atoms with Crippen molar-refractivity contribution in [2.24, 2.45) is 0 Å². The van der Waals surface area contributed by atoms with Crippen LogP contribution in [0.15, 0.2) is 73.9 Å². The van der Waals surface area contributed by atoms with Crippen LogP contribution in [-0.2, 0) is 28.8 Å². The first-order valence-corrected chi connectivity index (χ1v) is 10.2. The quantitative estimate of drug-likeness (QED) is 0.427. The van der Waals surface area contributed by atoms with E-state index in [0.717, 1.165) is 0 Å². The lowest BCUT2D eigenvalue weighted by atomic mass is 10.3. The van der Waals surface area contributed by atoms with Crippen LogP contribution in [-0.4, -0.2) is 34.7 Å². The van der Waals surface area contributed by atoms with Gasteiger partial charge in [-0.2, -0.15) is 0 Å². The first-order chi connectivity index (χ1) is 15.4. The molecule has 0 spiro atoms. The number of ketones is 6. The molecule has 0 aliphatic rings. The lowest BCUT2D eigenvalue weighted by Gasteiger charge is -1.80. The third-order valence-electron chi connectivity index (χ3n) is 2.58. The molecule has 0 unspecified atom stereocenters. The highest BCUT2D eigenvalue weighted by molar-refractivity contribution is 5.92. The van der Waals surface area contributed by atoms with Gasteiger partial charge < -0.3 is 0 Å². The van der Waals surface area contributed by atoms with Crippen LogP contribution in [0.3, 0.4) is 0 Å². The SMILES string of the molecule is C=C(C)C(C)=O.C=C(C)C(C)=O.C=CC(C)=O.C=CC(C)=O.CC=CC(C)=O.CC=CC(C)=O. The molecule has 0 amide bonds. The third kappa shape index (κ3) is 103. The van der Waals surface area contributed by atoms with Gasteiger partial charge >= 0.3 is 0 Å². The van der Waals surface area contributed by atoms with Crippen LogP contribution < -0.4 is 0 Å². The second-order valence-corrected chi connectivity index (χ2v) is 6.52. The summed E-state index contributed by atoms with van der Waals surface area (Å²) in [7, 11) is 0. The van der Waals surface area contributed by atoms with Crippen LogP contribution in [0, 0.1) is 0 Å². The van der Waals surface area contributed by atoms with Gasteiger partial charge in [-0.1, -0.05) is 38.5 Å². The van der Waals surface area contributed by atoms with Crippen molar-refractivity contribution in [1.29, 1.82) is 0 Å². The molecule has 0 aromatic heterocycles. The minimum Gasteiger partial charge on any atom is -0.295 e. The van der Waals surface area contributed by atoms with Crippen molar-refractivity contribution in [3.63, 3.8) is 0 Å². The molecule has 0 rings (SSSR count). The maximum Gasteiger partial charge on any atom is 0.154 e. The lowest BCUT2D eigenvalue weighted by Crippen LogP contribution is -1.86. The molecule has 0 saturated heterocycles. The van der Waals surface area contributed by atoms with E-state index in [0.29, 0.717) is 11.1 Å². The first kappa shape index (κ1) is 44.2. The van der Waals surface area contributed by atoms with E-state index in [1.165, 1.54) is 65.8 Å². The molecular formula is C28H44O6. The topological polar surface area (TPSA) is 102 Å². The zero-order valence-electron chi connectivity index (χ0n) is 22.7. The molecule has 0 saturated carbocycles. The summed E-state index contributed by atoms with van der Waals surface area (Å²) in [6, 6.07) is 0. The zero-order chi connectivity index (χ0) is 28.9. The monoisotopic (exact) mass is 476 g/mol. The van der Waals surface area contributed by atoms with Crippen molar-refractivity contribution < 1.29 is 28.8 Å². The van der Waals surface area contributed by atoms with Gasteiger partial charge in [0.05, 0.1) is 0 Å². The fourth-order valence-electron chi connectivity index (χ4n) is 0.469. The number of allylic oxidation sites excluding steroid dienone is 8. The Morgan fingerprint density at radius 2 is 0.618 bits per heavy atom. The standard InChI is InChI=1S/4C5H8O.2C4H6O/c2*1-4(2)5(3)6;2*1-3-4-5(2)6;2*1-3-4(2)5/h2*1H2,2-3H3;2*3-4H,1-2H3;2*3H,1H2,2H3. The summed E-state index contributed by atoms with van der Waals surface area (Å²) in [6.07, 6.45) is 9.06. The van der Waals surface area contributed by atoms with Gasteiger partial charge in [-0.15, -0.1) is 0 Å². The summed E-state index contributed by atoms with van der Waals surface area (Å²) in [4.78, 5) is 59.4. The molecule has 0 fully saturated rings.